The zero-order valence-corrected chi connectivity index (χ0v) is 16.3. The fraction of sp³-hybridized carbons (Fsp3) is 0.182. The molecule has 0 aliphatic rings. The van der Waals surface area contributed by atoms with E-state index in [9.17, 15) is 9.67 Å². The average molecular weight is 382 g/mol. The van der Waals surface area contributed by atoms with Crippen LogP contribution in [0.2, 0.25) is 0 Å². The van der Waals surface area contributed by atoms with Crippen molar-refractivity contribution in [3.8, 4) is 0 Å². The van der Waals surface area contributed by atoms with Crippen LogP contribution in [0.15, 0.2) is 91.0 Å². The number of rotatable bonds is 7. The van der Waals surface area contributed by atoms with E-state index in [2.05, 4.69) is 0 Å². The molecule has 27 heavy (non-hydrogen) atoms. The second kappa shape index (κ2) is 8.20. The van der Waals surface area contributed by atoms with Crippen LogP contribution in [0.3, 0.4) is 0 Å². The molecule has 2 unspecified atom stereocenters. The predicted octanol–water partition coefficient (Wildman–Crippen LogP) is 5.15. The zero-order valence-electron chi connectivity index (χ0n) is 15.4. The summed E-state index contributed by atoms with van der Waals surface area (Å²) in [7, 11) is -2.05. The molecule has 2 atom stereocenters. The summed E-state index contributed by atoms with van der Waals surface area (Å²) < 4.78 is 23.7. The fourth-order valence-corrected chi connectivity index (χ4v) is 3.84. The largest absolute Gasteiger partial charge is 0.377 e. The number of aliphatic hydroxyl groups is 1. The SMILES string of the molecule is COP(C)(=O)OC(c1ccccc1)C(O)(c1ccccc1)c1ccccc1. The van der Waals surface area contributed by atoms with Crippen molar-refractivity contribution in [3.05, 3.63) is 108 Å². The van der Waals surface area contributed by atoms with Crippen LogP contribution in [0, 0.1) is 0 Å². The van der Waals surface area contributed by atoms with E-state index in [1.54, 1.807) is 0 Å². The van der Waals surface area contributed by atoms with Gasteiger partial charge in [-0.15, -0.1) is 0 Å². The topological polar surface area (TPSA) is 55.8 Å². The van der Waals surface area contributed by atoms with Gasteiger partial charge >= 0.3 is 7.60 Å². The average Bonchev–Trinajstić information content (AvgIpc) is 2.73. The maximum atomic E-state index is 12.7. The lowest BCUT2D eigenvalue weighted by molar-refractivity contribution is -0.0423. The van der Waals surface area contributed by atoms with Gasteiger partial charge in [0, 0.05) is 13.8 Å². The van der Waals surface area contributed by atoms with Gasteiger partial charge in [-0.2, -0.15) is 0 Å². The third kappa shape index (κ3) is 4.20. The molecule has 140 valence electrons. The molecular formula is C22H23O4P. The summed E-state index contributed by atoms with van der Waals surface area (Å²) in [4.78, 5) is 0. The molecule has 3 aromatic carbocycles. The summed E-state index contributed by atoms with van der Waals surface area (Å²) in [5, 5.41) is 12.0. The summed E-state index contributed by atoms with van der Waals surface area (Å²) in [6.45, 7) is 1.40. The molecule has 3 aromatic rings. The molecule has 0 radical (unpaired) electrons. The van der Waals surface area contributed by atoms with Gasteiger partial charge < -0.3 is 9.63 Å². The molecule has 0 fully saturated rings. The Kier molecular flexibility index (Phi) is 5.93. The van der Waals surface area contributed by atoms with Gasteiger partial charge in [0.2, 0.25) is 0 Å². The quantitative estimate of drug-likeness (QED) is 0.574. The molecule has 0 aromatic heterocycles. The highest BCUT2D eigenvalue weighted by atomic mass is 31.2. The molecule has 5 heteroatoms. The van der Waals surface area contributed by atoms with Gasteiger partial charge in [-0.1, -0.05) is 91.0 Å². The standard InChI is InChI=1S/C22H23O4P/c1-25-27(2,24)26-21(18-12-6-3-7-13-18)22(23,19-14-8-4-9-15-19)20-16-10-5-11-17-20/h3-17,21,23H,1-2H3. The highest BCUT2D eigenvalue weighted by Gasteiger charge is 2.44. The second-order valence-electron chi connectivity index (χ2n) is 6.35. The molecule has 3 rings (SSSR count). The molecule has 0 bridgehead atoms. The fourth-order valence-electron chi connectivity index (χ4n) is 3.09. The Morgan fingerprint density at radius 1 is 0.815 bits per heavy atom. The van der Waals surface area contributed by atoms with E-state index in [1.165, 1.54) is 13.8 Å². The molecule has 0 heterocycles. The van der Waals surface area contributed by atoms with Crippen LogP contribution in [0.1, 0.15) is 22.8 Å². The van der Waals surface area contributed by atoms with Crippen molar-refractivity contribution in [2.75, 3.05) is 13.8 Å². The maximum absolute atomic E-state index is 12.7. The molecule has 0 aliphatic carbocycles. The number of hydrogen-bond acceptors (Lipinski definition) is 4. The first-order valence-corrected chi connectivity index (χ1v) is 10.7. The Morgan fingerprint density at radius 3 is 1.63 bits per heavy atom. The van der Waals surface area contributed by atoms with E-state index >= 15 is 0 Å². The maximum Gasteiger partial charge on any atom is 0.328 e. The molecule has 0 aliphatic heterocycles. The zero-order chi connectivity index (χ0) is 19.3. The highest BCUT2D eigenvalue weighted by molar-refractivity contribution is 7.52. The van der Waals surface area contributed by atoms with Crippen LogP contribution < -0.4 is 0 Å². The van der Waals surface area contributed by atoms with Crippen molar-refractivity contribution in [3.63, 3.8) is 0 Å². The monoisotopic (exact) mass is 382 g/mol. The lowest BCUT2D eigenvalue weighted by Gasteiger charge is -2.38. The van der Waals surface area contributed by atoms with E-state index in [0.29, 0.717) is 16.7 Å². The van der Waals surface area contributed by atoms with Gasteiger partial charge in [-0.05, 0) is 16.7 Å². The van der Waals surface area contributed by atoms with Gasteiger partial charge in [-0.25, -0.2) is 0 Å². The predicted molar refractivity (Wildman–Crippen MR) is 107 cm³/mol. The van der Waals surface area contributed by atoms with Gasteiger partial charge in [0.15, 0.2) is 0 Å². The first-order chi connectivity index (χ1) is 13.0. The lowest BCUT2D eigenvalue weighted by atomic mass is 9.79. The van der Waals surface area contributed by atoms with Crippen molar-refractivity contribution in [2.24, 2.45) is 0 Å². The normalized spacial score (nSPS) is 15.1. The highest BCUT2D eigenvalue weighted by Crippen LogP contribution is 2.54. The smallest absolute Gasteiger partial charge is 0.328 e. The summed E-state index contributed by atoms with van der Waals surface area (Å²) >= 11 is 0. The van der Waals surface area contributed by atoms with Crippen molar-refractivity contribution in [1.29, 1.82) is 0 Å². The van der Waals surface area contributed by atoms with E-state index in [-0.39, 0.29) is 0 Å². The molecular weight excluding hydrogens is 359 g/mol. The minimum atomic E-state index is -3.39. The van der Waals surface area contributed by atoms with Crippen LogP contribution >= 0.6 is 7.60 Å². The Balaban J connectivity index is 2.24. The van der Waals surface area contributed by atoms with Crippen LogP contribution in [0.4, 0.5) is 0 Å². The molecule has 0 spiro atoms. The Morgan fingerprint density at radius 2 is 1.22 bits per heavy atom. The summed E-state index contributed by atoms with van der Waals surface area (Å²) in [5.74, 6) is 0. The van der Waals surface area contributed by atoms with E-state index in [1.807, 2.05) is 91.0 Å². The third-order valence-corrected chi connectivity index (χ3v) is 5.80. The molecule has 4 nitrogen and oxygen atoms in total. The van der Waals surface area contributed by atoms with E-state index in [0.717, 1.165) is 0 Å². The van der Waals surface area contributed by atoms with Crippen LogP contribution in [0.5, 0.6) is 0 Å². The second-order valence-corrected chi connectivity index (χ2v) is 8.47. The number of benzene rings is 3. The van der Waals surface area contributed by atoms with Gasteiger partial charge in [0.05, 0.1) is 0 Å². The minimum Gasteiger partial charge on any atom is -0.377 e. The third-order valence-electron chi connectivity index (χ3n) is 4.54. The molecule has 1 N–H and O–H groups in total. The first-order valence-electron chi connectivity index (χ1n) is 8.67. The molecule has 0 amide bonds. The van der Waals surface area contributed by atoms with Crippen molar-refractivity contribution < 1.29 is 18.7 Å². The van der Waals surface area contributed by atoms with E-state index < -0.39 is 19.3 Å². The van der Waals surface area contributed by atoms with Gasteiger partial charge in [-0.3, -0.25) is 9.09 Å². The summed E-state index contributed by atoms with van der Waals surface area (Å²) in [6.07, 6.45) is -0.931. The van der Waals surface area contributed by atoms with Crippen LogP contribution in [-0.2, 0) is 19.2 Å². The van der Waals surface area contributed by atoms with Crippen molar-refractivity contribution >= 4 is 7.60 Å². The molecule has 0 saturated carbocycles. The molecule has 0 saturated heterocycles. The number of hydrogen-bond donors (Lipinski definition) is 1. The van der Waals surface area contributed by atoms with Crippen molar-refractivity contribution in [1.82, 2.24) is 0 Å². The first kappa shape index (κ1) is 19.5. The van der Waals surface area contributed by atoms with E-state index in [4.69, 9.17) is 9.05 Å². The Hall–Kier alpha value is -2.23. The Labute approximate surface area is 159 Å². The summed E-state index contributed by atoms with van der Waals surface area (Å²) in [5.41, 5.74) is 0.419. The van der Waals surface area contributed by atoms with Crippen molar-refractivity contribution in [2.45, 2.75) is 11.7 Å². The van der Waals surface area contributed by atoms with Crippen LogP contribution in [0.25, 0.3) is 0 Å². The van der Waals surface area contributed by atoms with Gasteiger partial charge in [0.1, 0.15) is 11.7 Å². The Bertz CT molecular complexity index is 858. The summed E-state index contributed by atoms with van der Waals surface area (Å²) in [6, 6.07) is 27.8. The van der Waals surface area contributed by atoms with Crippen LogP contribution in [-0.4, -0.2) is 18.9 Å². The lowest BCUT2D eigenvalue weighted by Crippen LogP contribution is -2.36. The minimum absolute atomic E-state index is 0.640. The van der Waals surface area contributed by atoms with Gasteiger partial charge in [0.25, 0.3) is 0 Å².